The highest BCUT2D eigenvalue weighted by Gasteiger charge is 2.21. The number of nitrogens with zero attached hydrogens (tertiary/aromatic N) is 1. The topological polar surface area (TPSA) is 138 Å². The number of nitrogen functional groups attached to an aromatic ring is 1. The summed E-state index contributed by atoms with van der Waals surface area (Å²) in [4.78, 5) is 33.0. The molecule has 1 aromatic carbocycles. The van der Waals surface area contributed by atoms with Crippen LogP contribution in [-0.2, 0) is 0 Å². The lowest BCUT2D eigenvalue weighted by molar-refractivity contribution is -0.402. The highest BCUT2D eigenvalue weighted by atomic mass is 16.7. The molecular weight excluding hydrogens is 282 g/mol. The summed E-state index contributed by atoms with van der Waals surface area (Å²) in [6.45, 7) is 0. The largest absolute Gasteiger partial charge is 0.433 e. The van der Waals surface area contributed by atoms with Crippen LogP contribution < -0.4 is 16.0 Å². The van der Waals surface area contributed by atoms with Gasteiger partial charge in [-0.05, 0) is 18.2 Å². The number of amides is 1. The average Bonchev–Trinajstić information content (AvgIpc) is 2.97. The van der Waals surface area contributed by atoms with Gasteiger partial charge in [0.2, 0.25) is 5.76 Å². The summed E-state index contributed by atoms with van der Waals surface area (Å²) in [6, 6.07) is 8.00. The Hall–Kier alpha value is -3.20. The fourth-order valence-corrected chi connectivity index (χ4v) is 1.51. The first kappa shape index (κ1) is 14.2. The Bertz CT molecular complexity index is 709. The smallest absolute Gasteiger partial charge is 0.420 e. The van der Waals surface area contributed by atoms with Crippen molar-refractivity contribution in [3.05, 3.63) is 57.8 Å². The van der Waals surface area contributed by atoms with Gasteiger partial charge in [-0.2, -0.15) is 0 Å². The third-order valence-corrected chi connectivity index (χ3v) is 2.44. The molecule has 1 aromatic heterocycles. The molecule has 2 aromatic rings. The molecular formula is C12H9N3O6. The van der Waals surface area contributed by atoms with Crippen LogP contribution >= 0.6 is 0 Å². The number of nitrogens with two attached hydrogens (primary N) is 1. The number of hydrogen-bond donors (Lipinski definition) is 2. The summed E-state index contributed by atoms with van der Waals surface area (Å²) in [7, 11) is 0. The molecule has 21 heavy (non-hydrogen) atoms. The lowest BCUT2D eigenvalue weighted by atomic mass is 10.2. The van der Waals surface area contributed by atoms with E-state index < -0.39 is 22.7 Å². The van der Waals surface area contributed by atoms with E-state index in [0.29, 0.717) is 0 Å². The predicted octanol–water partition coefficient (Wildman–Crippen LogP) is 1.01. The molecule has 9 nitrogen and oxygen atoms in total. The van der Waals surface area contributed by atoms with Gasteiger partial charge in [-0.3, -0.25) is 20.3 Å². The maximum absolute atomic E-state index is 11.8. The molecule has 0 aliphatic carbocycles. The van der Waals surface area contributed by atoms with Crippen molar-refractivity contribution in [1.29, 1.82) is 0 Å². The minimum Gasteiger partial charge on any atom is -0.420 e. The summed E-state index contributed by atoms with van der Waals surface area (Å²) in [5.41, 5.74) is 1.95. The van der Waals surface area contributed by atoms with E-state index in [1.54, 1.807) is 12.1 Å². The second-order valence-corrected chi connectivity index (χ2v) is 3.75. The van der Waals surface area contributed by atoms with E-state index >= 15 is 0 Å². The summed E-state index contributed by atoms with van der Waals surface area (Å²) in [5.74, 6) is 2.40. The SMILES string of the molecule is NNC(=O)c1ccccc1OC(=O)c1ccc([N+](=O)[O-])o1. The number of hydrazine groups is 1. The fourth-order valence-electron chi connectivity index (χ4n) is 1.51. The van der Waals surface area contributed by atoms with Gasteiger partial charge < -0.3 is 9.15 Å². The van der Waals surface area contributed by atoms with Gasteiger partial charge in [0.15, 0.2) is 0 Å². The monoisotopic (exact) mass is 291 g/mol. The van der Waals surface area contributed by atoms with Gasteiger partial charge in [0, 0.05) is 0 Å². The number of ether oxygens (including phenoxy) is 1. The number of furan rings is 1. The average molecular weight is 291 g/mol. The lowest BCUT2D eigenvalue weighted by Gasteiger charge is -2.07. The Labute approximate surface area is 117 Å². The number of esters is 1. The zero-order chi connectivity index (χ0) is 15.4. The van der Waals surface area contributed by atoms with Crippen molar-refractivity contribution in [2.45, 2.75) is 0 Å². The third kappa shape index (κ3) is 3.04. The van der Waals surface area contributed by atoms with Crippen molar-refractivity contribution in [3.63, 3.8) is 0 Å². The van der Waals surface area contributed by atoms with Gasteiger partial charge in [0.05, 0.1) is 11.6 Å². The number of nitro groups is 1. The molecule has 0 saturated carbocycles. The lowest BCUT2D eigenvalue weighted by Crippen LogP contribution is -2.30. The van der Waals surface area contributed by atoms with Crippen LogP contribution in [0.4, 0.5) is 5.88 Å². The Kier molecular flexibility index (Phi) is 3.95. The van der Waals surface area contributed by atoms with Crippen molar-refractivity contribution in [3.8, 4) is 5.75 Å². The third-order valence-electron chi connectivity index (χ3n) is 2.44. The molecule has 0 fully saturated rings. The van der Waals surface area contributed by atoms with Gasteiger partial charge in [0.1, 0.15) is 10.7 Å². The number of benzene rings is 1. The molecule has 0 bridgehead atoms. The van der Waals surface area contributed by atoms with Gasteiger partial charge >= 0.3 is 11.9 Å². The van der Waals surface area contributed by atoms with Gasteiger partial charge in [-0.25, -0.2) is 10.6 Å². The molecule has 0 spiro atoms. The molecule has 3 N–H and O–H groups in total. The van der Waals surface area contributed by atoms with E-state index in [0.717, 1.165) is 12.1 Å². The van der Waals surface area contributed by atoms with Crippen molar-refractivity contribution in [2.24, 2.45) is 5.84 Å². The summed E-state index contributed by atoms with van der Waals surface area (Å²) in [6.07, 6.45) is 0. The number of rotatable bonds is 4. The van der Waals surface area contributed by atoms with Crippen LogP contribution in [0.3, 0.4) is 0 Å². The molecule has 108 valence electrons. The molecule has 0 unspecified atom stereocenters. The predicted molar refractivity (Wildman–Crippen MR) is 68.4 cm³/mol. The summed E-state index contributed by atoms with van der Waals surface area (Å²) >= 11 is 0. The Morgan fingerprint density at radius 1 is 1.24 bits per heavy atom. The molecule has 2 rings (SSSR count). The van der Waals surface area contributed by atoms with Crippen molar-refractivity contribution < 1.29 is 23.7 Å². The van der Waals surface area contributed by atoms with Gasteiger partial charge in [0.25, 0.3) is 5.91 Å². The maximum atomic E-state index is 11.8. The van der Waals surface area contributed by atoms with E-state index in [1.165, 1.54) is 12.1 Å². The molecule has 0 aliphatic rings. The quantitative estimate of drug-likeness (QED) is 0.214. The first-order chi connectivity index (χ1) is 10.0. The molecule has 0 radical (unpaired) electrons. The molecule has 0 saturated heterocycles. The second-order valence-electron chi connectivity index (χ2n) is 3.75. The number of hydrogen-bond acceptors (Lipinski definition) is 7. The van der Waals surface area contributed by atoms with Crippen LogP contribution in [0.1, 0.15) is 20.9 Å². The molecule has 0 atom stereocenters. The minimum atomic E-state index is -0.972. The Balaban J connectivity index is 2.23. The molecule has 1 heterocycles. The number of para-hydroxylation sites is 1. The molecule has 0 aliphatic heterocycles. The van der Waals surface area contributed by atoms with E-state index in [2.05, 4.69) is 0 Å². The first-order valence-electron chi connectivity index (χ1n) is 5.59. The van der Waals surface area contributed by atoms with Crippen LogP contribution in [-0.4, -0.2) is 16.8 Å². The van der Waals surface area contributed by atoms with Crippen LogP contribution in [0.5, 0.6) is 5.75 Å². The highest BCUT2D eigenvalue weighted by Crippen LogP contribution is 2.21. The van der Waals surface area contributed by atoms with E-state index in [4.69, 9.17) is 15.0 Å². The van der Waals surface area contributed by atoms with Crippen LogP contribution in [0.2, 0.25) is 0 Å². The van der Waals surface area contributed by atoms with Gasteiger partial charge in [-0.15, -0.1) is 0 Å². The number of nitrogens with one attached hydrogen (secondary N) is 1. The standard InChI is InChI=1S/C12H9N3O6/c13-14-11(16)7-3-1-2-4-8(7)21-12(17)9-5-6-10(20-9)15(18)19/h1-6H,13H2,(H,14,16). The Morgan fingerprint density at radius 2 is 1.95 bits per heavy atom. The maximum Gasteiger partial charge on any atom is 0.433 e. The molecule has 9 heteroatoms. The second kappa shape index (κ2) is 5.84. The fraction of sp³-hybridized carbons (Fsp3) is 0. The number of carbonyl (C=O) groups is 2. The molecule has 1 amide bonds. The summed E-state index contributed by atoms with van der Waals surface area (Å²) < 4.78 is 9.68. The highest BCUT2D eigenvalue weighted by molar-refractivity contribution is 5.98. The zero-order valence-corrected chi connectivity index (χ0v) is 10.4. The van der Waals surface area contributed by atoms with E-state index in [-0.39, 0.29) is 17.1 Å². The van der Waals surface area contributed by atoms with Crippen molar-refractivity contribution in [2.75, 3.05) is 0 Å². The normalized spacial score (nSPS) is 9.95. The Morgan fingerprint density at radius 3 is 2.57 bits per heavy atom. The first-order valence-corrected chi connectivity index (χ1v) is 5.59. The van der Waals surface area contributed by atoms with Crippen molar-refractivity contribution in [1.82, 2.24) is 5.43 Å². The zero-order valence-electron chi connectivity index (χ0n) is 10.4. The van der Waals surface area contributed by atoms with Gasteiger partial charge in [-0.1, -0.05) is 12.1 Å². The minimum absolute atomic E-state index is 0.0365. The van der Waals surface area contributed by atoms with Crippen molar-refractivity contribution >= 4 is 17.8 Å². The van der Waals surface area contributed by atoms with Crippen LogP contribution in [0.15, 0.2) is 40.8 Å². The number of carbonyl (C=O) groups excluding carboxylic acids is 2. The van der Waals surface area contributed by atoms with Crippen LogP contribution in [0.25, 0.3) is 0 Å². The van der Waals surface area contributed by atoms with Crippen LogP contribution in [0, 0.1) is 10.1 Å². The van der Waals surface area contributed by atoms with E-state index in [1.807, 2.05) is 5.43 Å². The van der Waals surface area contributed by atoms with E-state index in [9.17, 15) is 19.7 Å². The summed E-state index contributed by atoms with van der Waals surface area (Å²) in [5, 5.41) is 10.5.